The summed E-state index contributed by atoms with van der Waals surface area (Å²) in [6.07, 6.45) is 4.00. The van der Waals surface area contributed by atoms with Gasteiger partial charge in [-0.3, -0.25) is 29.0 Å². The molecule has 1 atom stereocenters. The predicted molar refractivity (Wildman–Crippen MR) is 119 cm³/mol. The van der Waals surface area contributed by atoms with E-state index in [4.69, 9.17) is 0 Å². The number of nitrogens with zero attached hydrogens (tertiary/aromatic N) is 5. The number of carbonyl (C=O) groups excluding carboxylic acids is 3. The first-order chi connectivity index (χ1) is 16.3. The Kier molecular flexibility index (Phi) is 3.41. The lowest BCUT2D eigenvalue weighted by molar-refractivity contribution is -0.125. The van der Waals surface area contributed by atoms with Gasteiger partial charge in [-0.25, -0.2) is 14.6 Å². The van der Waals surface area contributed by atoms with Gasteiger partial charge in [-0.1, -0.05) is 0 Å². The van der Waals surface area contributed by atoms with Crippen LogP contribution in [-0.2, 0) is 35.5 Å². The maximum atomic E-state index is 13.1. The van der Waals surface area contributed by atoms with Gasteiger partial charge < -0.3 is 15.2 Å². The van der Waals surface area contributed by atoms with Gasteiger partial charge in [-0.15, -0.1) is 0 Å². The van der Waals surface area contributed by atoms with Crippen molar-refractivity contribution in [3.8, 4) is 0 Å². The monoisotopic (exact) mass is 458 g/mol. The molecule has 34 heavy (non-hydrogen) atoms. The highest BCUT2D eigenvalue weighted by atomic mass is 16.2. The second kappa shape index (κ2) is 6.10. The van der Waals surface area contributed by atoms with Crippen molar-refractivity contribution in [2.45, 2.75) is 31.5 Å². The summed E-state index contributed by atoms with van der Waals surface area (Å²) >= 11 is 0. The Morgan fingerprint density at radius 1 is 1.06 bits per heavy atom. The molecule has 3 aromatic heterocycles. The Balaban J connectivity index is 1.27. The van der Waals surface area contributed by atoms with Crippen molar-refractivity contribution in [2.75, 3.05) is 12.4 Å². The summed E-state index contributed by atoms with van der Waals surface area (Å²) < 4.78 is 3.00. The van der Waals surface area contributed by atoms with Gasteiger partial charge in [-0.05, 0) is 23.3 Å². The summed E-state index contributed by atoms with van der Waals surface area (Å²) in [5, 5.41) is 5.16. The molecule has 0 saturated carbocycles. The van der Waals surface area contributed by atoms with Crippen LogP contribution in [0.15, 0.2) is 29.3 Å². The van der Waals surface area contributed by atoms with Crippen molar-refractivity contribution >= 4 is 45.6 Å². The zero-order valence-electron chi connectivity index (χ0n) is 18.0. The molecule has 2 aliphatic heterocycles. The van der Waals surface area contributed by atoms with Gasteiger partial charge in [0.1, 0.15) is 17.9 Å². The van der Waals surface area contributed by atoms with E-state index in [-0.39, 0.29) is 36.6 Å². The maximum absolute atomic E-state index is 13.1. The number of anilines is 1. The largest absolute Gasteiger partial charge is 0.340 e. The molecular weight excluding hydrogens is 440 g/mol. The minimum Gasteiger partial charge on any atom is -0.340 e. The van der Waals surface area contributed by atoms with E-state index in [9.17, 15) is 19.2 Å². The van der Waals surface area contributed by atoms with Crippen LogP contribution in [-0.4, -0.2) is 59.4 Å². The number of aromatic amines is 1. The quantitative estimate of drug-likeness (QED) is 0.363. The molecule has 0 radical (unpaired) electrons. The number of H-pyrrole nitrogens is 1. The van der Waals surface area contributed by atoms with Crippen LogP contribution in [0.25, 0.3) is 22.1 Å². The van der Waals surface area contributed by atoms with Crippen LogP contribution < -0.4 is 16.3 Å². The highest BCUT2D eigenvalue weighted by Gasteiger charge is 2.54. The van der Waals surface area contributed by atoms with Crippen molar-refractivity contribution in [1.29, 1.82) is 0 Å². The van der Waals surface area contributed by atoms with Gasteiger partial charge in [0, 0.05) is 19.9 Å². The van der Waals surface area contributed by atoms with Gasteiger partial charge in [0.25, 0.3) is 5.91 Å². The van der Waals surface area contributed by atoms with Crippen molar-refractivity contribution in [3.05, 3.63) is 52.0 Å². The lowest BCUT2D eigenvalue weighted by Crippen LogP contribution is -2.48. The summed E-state index contributed by atoms with van der Waals surface area (Å²) in [6.45, 7) is 0.142. The molecule has 12 nitrogen and oxygen atoms in total. The number of amides is 4. The number of rotatable bonds is 2. The SMILES string of the molecule is CN1C(=O)NC(=O)C12Cc1cc3nc(Cn4c(=O)n5c6c(cncc64)NC(=O)C5)[nH]c3cc1C2. The fraction of sp³-hybridized carbons (Fsp3) is 0.273. The van der Waals surface area contributed by atoms with Gasteiger partial charge in [0.05, 0.1) is 46.7 Å². The number of hydrogen-bond acceptors (Lipinski definition) is 6. The first-order valence-electron chi connectivity index (χ1n) is 10.8. The lowest BCUT2D eigenvalue weighted by Gasteiger charge is -2.27. The second-order valence-electron chi connectivity index (χ2n) is 9.08. The van der Waals surface area contributed by atoms with Gasteiger partial charge >= 0.3 is 11.7 Å². The third kappa shape index (κ3) is 2.31. The maximum Gasteiger partial charge on any atom is 0.330 e. The minimum absolute atomic E-state index is 0.0432. The highest BCUT2D eigenvalue weighted by Crippen LogP contribution is 2.38. The van der Waals surface area contributed by atoms with Crippen LogP contribution in [0, 0.1) is 0 Å². The topological polar surface area (TPSA) is 147 Å². The molecule has 4 amide bonds. The first kappa shape index (κ1) is 19.0. The third-order valence-electron chi connectivity index (χ3n) is 7.21. The predicted octanol–water partition coefficient (Wildman–Crippen LogP) is 0.0937. The number of imide groups is 1. The van der Waals surface area contributed by atoms with Crippen LogP contribution >= 0.6 is 0 Å². The van der Waals surface area contributed by atoms with Crippen LogP contribution in [0.4, 0.5) is 10.5 Å². The van der Waals surface area contributed by atoms with E-state index in [2.05, 4.69) is 25.6 Å². The van der Waals surface area contributed by atoms with E-state index < -0.39 is 5.54 Å². The zero-order chi connectivity index (χ0) is 23.4. The number of aromatic nitrogens is 5. The van der Waals surface area contributed by atoms with E-state index in [1.165, 1.54) is 15.7 Å². The van der Waals surface area contributed by atoms with Gasteiger partial charge in [-0.2, -0.15) is 0 Å². The van der Waals surface area contributed by atoms with Crippen LogP contribution in [0.3, 0.4) is 0 Å². The van der Waals surface area contributed by atoms with Crippen molar-refractivity contribution < 1.29 is 14.4 Å². The van der Waals surface area contributed by atoms with Gasteiger partial charge in [0.2, 0.25) is 5.91 Å². The lowest BCUT2D eigenvalue weighted by atomic mass is 9.95. The van der Waals surface area contributed by atoms with Crippen molar-refractivity contribution in [3.63, 3.8) is 0 Å². The molecule has 1 saturated heterocycles. The first-order valence-corrected chi connectivity index (χ1v) is 10.8. The molecule has 3 N–H and O–H groups in total. The number of carbonyl (C=O) groups is 3. The fourth-order valence-corrected chi connectivity index (χ4v) is 5.48. The number of benzene rings is 1. The number of urea groups is 1. The second-order valence-corrected chi connectivity index (χ2v) is 9.08. The standard InChI is InChI=1S/C22H18N8O4/c1-28-20(33)27-19(32)22(28)4-10-2-12-13(3-11(10)5-22)25-16(24-12)8-29-15-7-23-6-14-18(15)30(21(29)34)9-17(31)26-14/h2-3,6-7H,4-5,8-9H2,1H3,(H,24,25)(H,26,31)(H,27,32,33). The van der Waals surface area contributed by atoms with Crippen LogP contribution in [0.1, 0.15) is 17.0 Å². The molecule has 1 aliphatic carbocycles. The third-order valence-corrected chi connectivity index (χ3v) is 7.21. The summed E-state index contributed by atoms with van der Waals surface area (Å²) in [6, 6.07) is 3.51. The Morgan fingerprint density at radius 3 is 2.62 bits per heavy atom. The Bertz CT molecular complexity index is 1630. The molecule has 3 aliphatic rings. The summed E-state index contributed by atoms with van der Waals surface area (Å²) in [4.78, 5) is 63.2. The number of fused-ring (bicyclic) bond motifs is 2. The zero-order valence-corrected chi connectivity index (χ0v) is 18.0. The molecule has 1 spiro atoms. The average Bonchev–Trinajstić information content (AvgIpc) is 3.50. The van der Waals surface area contributed by atoms with Crippen LogP contribution in [0.2, 0.25) is 0 Å². The van der Waals surface area contributed by atoms with E-state index in [0.29, 0.717) is 35.4 Å². The fourth-order valence-electron chi connectivity index (χ4n) is 5.48. The molecule has 4 aromatic rings. The number of pyridine rings is 1. The number of hydrogen-bond donors (Lipinski definition) is 3. The minimum atomic E-state index is -0.890. The molecule has 0 bridgehead atoms. The summed E-state index contributed by atoms with van der Waals surface area (Å²) in [5.41, 5.74) is 4.05. The summed E-state index contributed by atoms with van der Waals surface area (Å²) in [5.74, 6) is 0.0490. The molecule has 1 unspecified atom stereocenters. The van der Waals surface area contributed by atoms with Crippen molar-refractivity contribution in [1.82, 2.24) is 34.3 Å². The van der Waals surface area contributed by atoms with Crippen LogP contribution in [0.5, 0.6) is 0 Å². The van der Waals surface area contributed by atoms with E-state index in [1.54, 1.807) is 17.8 Å². The smallest absolute Gasteiger partial charge is 0.330 e. The molecular formula is C22H18N8O4. The Labute approximate surface area is 190 Å². The van der Waals surface area contributed by atoms with Gasteiger partial charge in [0.15, 0.2) is 0 Å². The molecule has 7 rings (SSSR count). The molecule has 5 heterocycles. The average molecular weight is 458 g/mol. The molecule has 170 valence electrons. The number of imidazole rings is 2. The molecule has 1 aromatic carbocycles. The van der Waals surface area contributed by atoms with E-state index in [1.807, 2.05) is 12.1 Å². The Hall–Kier alpha value is -4.48. The van der Waals surface area contributed by atoms with Crippen molar-refractivity contribution in [2.24, 2.45) is 0 Å². The molecule has 12 heteroatoms. The summed E-state index contributed by atoms with van der Waals surface area (Å²) in [7, 11) is 1.64. The number of nitrogens with one attached hydrogen (secondary N) is 3. The normalized spacial score (nSPS) is 18.3. The highest BCUT2D eigenvalue weighted by molar-refractivity contribution is 6.08. The molecule has 1 fully saturated rings. The van der Waals surface area contributed by atoms with E-state index >= 15 is 0 Å². The Morgan fingerprint density at radius 2 is 1.85 bits per heavy atom. The van der Waals surface area contributed by atoms with E-state index in [0.717, 1.165) is 22.2 Å². The number of likely N-dealkylation sites (N-methyl/N-ethyl adjacent to an activating group) is 1.